The van der Waals surface area contributed by atoms with Crippen molar-refractivity contribution in [1.29, 1.82) is 0 Å². The van der Waals surface area contributed by atoms with Crippen molar-refractivity contribution in [2.45, 2.75) is 60.4 Å². The van der Waals surface area contributed by atoms with Crippen LogP contribution in [0, 0.1) is 19.8 Å². The minimum atomic E-state index is -0.329. The summed E-state index contributed by atoms with van der Waals surface area (Å²) in [6, 6.07) is 13.1. The zero-order valence-electron chi connectivity index (χ0n) is 19.5. The maximum Gasteiger partial charge on any atom is 0.266 e. The average molecular weight is 420 g/mol. The van der Waals surface area contributed by atoms with Crippen LogP contribution in [0.25, 0.3) is 16.6 Å². The van der Waals surface area contributed by atoms with Gasteiger partial charge in [-0.05, 0) is 68.5 Å². The second kappa shape index (κ2) is 9.46. The monoisotopic (exact) mass is 419 g/mol. The molecule has 0 radical (unpaired) electrons. The first-order valence-corrected chi connectivity index (χ1v) is 11.1. The number of carbonyl (C=O) groups excluding carboxylic acids is 1. The Labute approximate surface area is 184 Å². The first-order valence-electron chi connectivity index (χ1n) is 11.1. The van der Waals surface area contributed by atoms with Crippen molar-refractivity contribution < 1.29 is 4.79 Å². The largest absolute Gasteiger partial charge is 0.333 e. The summed E-state index contributed by atoms with van der Waals surface area (Å²) in [5.74, 6) is 0.960. The van der Waals surface area contributed by atoms with Crippen LogP contribution in [-0.2, 0) is 4.79 Å². The van der Waals surface area contributed by atoms with Crippen molar-refractivity contribution in [3.05, 3.63) is 69.8 Å². The Balaban J connectivity index is 2.25. The molecular weight excluding hydrogens is 386 g/mol. The molecular formula is C26H33N3O2. The maximum atomic E-state index is 13.6. The molecule has 0 saturated carbocycles. The minimum Gasteiger partial charge on any atom is -0.333 e. The van der Waals surface area contributed by atoms with E-state index in [0.29, 0.717) is 29.7 Å². The molecule has 0 spiro atoms. The molecule has 164 valence electrons. The average Bonchev–Trinajstić information content (AvgIpc) is 2.73. The Bertz CT molecular complexity index is 1150. The Kier molecular flexibility index (Phi) is 6.94. The highest BCUT2D eigenvalue weighted by Crippen LogP contribution is 2.25. The lowest BCUT2D eigenvalue weighted by atomic mass is 10.1. The summed E-state index contributed by atoms with van der Waals surface area (Å²) in [7, 11) is 0. The molecule has 5 nitrogen and oxygen atoms in total. The van der Waals surface area contributed by atoms with Crippen molar-refractivity contribution in [2.24, 2.45) is 5.92 Å². The third kappa shape index (κ3) is 4.71. The standard InChI is InChI=1S/C26H33N3O2/c1-7-14-28(24(30)15-17(2)3)20(6)25-27-23-11-9-8-10-22(23)26(31)29(25)21-13-12-18(4)19(5)16-21/h8-13,16-17,20H,7,14-15H2,1-6H3. The van der Waals surface area contributed by atoms with E-state index in [1.54, 1.807) is 4.57 Å². The fraction of sp³-hybridized carbons (Fsp3) is 0.423. The summed E-state index contributed by atoms with van der Waals surface area (Å²) in [6.45, 7) is 12.9. The number of para-hydroxylation sites is 1. The van der Waals surface area contributed by atoms with E-state index in [1.807, 2.05) is 75.1 Å². The van der Waals surface area contributed by atoms with E-state index in [-0.39, 0.29) is 23.4 Å². The molecule has 0 N–H and O–H groups in total. The van der Waals surface area contributed by atoms with Crippen LogP contribution in [0.3, 0.4) is 0 Å². The van der Waals surface area contributed by atoms with Crippen LogP contribution < -0.4 is 5.56 Å². The highest BCUT2D eigenvalue weighted by Gasteiger charge is 2.26. The number of benzene rings is 2. The fourth-order valence-corrected chi connectivity index (χ4v) is 3.93. The summed E-state index contributed by atoms with van der Waals surface area (Å²) in [6.07, 6.45) is 1.32. The number of aryl methyl sites for hydroxylation is 2. The number of fused-ring (bicyclic) bond motifs is 1. The molecule has 0 fully saturated rings. The summed E-state index contributed by atoms with van der Waals surface area (Å²) >= 11 is 0. The second-order valence-corrected chi connectivity index (χ2v) is 8.76. The Morgan fingerprint density at radius 2 is 1.77 bits per heavy atom. The van der Waals surface area contributed by atoms with Gasteiger partial charge in [0.2, 0.25) is 5.91 Å². The Morgan fingerprint density at radius 1 is 1.06 bits per heavy atom. The molecule has 31 heavy (non-hydrogen) atoms. The number of carbonyl (C=O) groups is 1. The van der Waals surface area contributed by atoms with Crippen molar-refractivity contribution in [2.75, 3.05) is 6.54 Å². The lowest BCUT2D eigenvalue weighted by Crippen LogP contribution is -2.38. The summed E-state index contributed by atoms with van der Waals surface area (Å²) < 4.78 is 1.69. The van der Waals surface area contributed by atoms with Gasteiger partial charge in [0, 0.05) is 13.0 Å². The van der Waals surface area contributed by atoms with Crippen molar-refractivity contribution in [3.63, 3.8) is 0 Å². The van der Waals surface area contributed by atoms with Crippen molar-refractivity contribution in [1.82, 2.24) is 14.5 Å². The first kappa shape index (κ1) is 22.7. The molecule has 2 aromatic carbocycles. The lowest BCUT2D eigenvalue weighted by molar-refractivity contribution is -0.134. The van der Waals surface area contributed by atoms with Gasteiger partial charge in [0.15, 0.2) is 0 Å². The van der Waals surface area contributed by atoms with Crippen molar-refractivity contribution >= 4 is 16.8 Å². The summed E-state index contributed by atoms with van der Waals surface area (Å²) in [5.41, 5.74) is 3.60. The van der Waals surface area contributed by atoms with E-state index in [2.05, 4.69) is 13.8 Å². The molecule has 3 rings (SSSR count). The molecule has 0 saturated heterocycles. The molecule has 1 heterocycles. The minimum absolute atomic E-state index is 0.0957. The number of nitrogens with zero attached hydrogens (tertiary/aromatic N) is 3. The van der Waals surface area contributed by atoms with E-state index in [1.165, 1.54) is 5.56 Å². The van der Waals surface area contributed by atoms with Crippen LogP contribution in [0.1, 0.15) is 63.5 Å². The highest BCUT2D eigenvalue weighted by atomic mass is 16.2. The predicted molar refractivity (Wildman–Crippen MR) is 127 cm³/mol. The molecule has 3 aromatic rings. The first-order chi connectivity index (χ1) is 14.7. The molecule has 0 bridgehead atoms. The topological polar surface area (TPSA) is 55.2 Å². The van der Waals surface area contributed by atoms with Crippen LogP contribution in [0.2, 0.25) is 0 Å². The number of aromatic nitrogens is 2. The lowest BCUT2D eigenvalue weighted by Gasteiger charge is -2.31. The zero-order valence-corrected chi connectivity index (χ0v) is 19.5. The van der Waals surface area contributed by atoms with Gasteiger partial charge in [-0.1, -0.05) is 39.0 Å². The van der Waals surface area contributed by atoms with Gasteiger partial charge in [0.1, 0.15) is 5.82 Å². The third-order valence-electron chi connectivity index (χ3n) is 5.76. The predicted octanol–water partition coefficient (Wildman–Crippen LogP) is 5.35. The normalized spacial score (nSPS) is 12.4. The van der Waals surface area contributed by atoms with Gasteiger partial charge in [0.05, 0.1) is 22.6 Å². The van der Waals surface area contributed by atoms with Gasteiger partial charge < -0.3 is 4.90 Å². The van der Waals surface area contributed by atoms with E-state index < -0.39 is 0 Å². The molecule has 0 aliphatic heterocycles. The van der Waals surface area contributed by atoms with Gasteiger partial charge in [0.25, 0.3) is 5.56 Å². The molecule has 1 aromatic heterocycles. The van der Waals surface area contributed by atoms with Crippen LogP contribution in [0.15, 0.2) is 47.3 Å². The van der Waals surface area contributed by atoms with E-state index >= 15 is 0 Å². The molecule has 0 aliphatic rings. The fourth-order valence-electron chi connectivity index (χ4n) is 3.93. The van der Waals surface area contributed by atoms with Gasteiger partial charge in [-0.15, -0.1) is 0 Å². The summed E-state index contributed by atoms with van der Waals surface area (Å²) in [4.78, 5) is 33.4. The van der Waals surface area contributed by atoms with Crippen LogP contribution in [-0.4, -0.2) is 26.9 Å². The van der Waals surface area contributed by atoms with Crippen LogP contribution in [0.4, 0.5) is 0 Å². The summed E-state index contributed by atoms with van der Waals surface area (Å²) in [5, 5.41) is 0.576. The zero-order chi connectivity index (χ0) is 22.7. The van der Waals surface area contributed by atoms with Crippen molar-refractivity contribution in [3.8, 4) is 5.69 Å². The number of hydrogen-bond acceptors (Lipinski definition) is 3. The molecule has 0 aliphatic carbocycles. The highest BCUT2D eigenvalue weighted by molar-refractivity contribution is 5.79. The van der Waals surface area contributed by atoms with Crippen LogP contribution in [0.5, 0.6) is 0 Å². The maximum absolute atomic E-state index is 13.6. The number of rotatable bonds is 7. The molecule has 1 amide bonds. The second-order valence-electron chi connectivity index (χ2n) is 8.76. The van der Waals surface area contributed by atoms with Gasteiger partial charge in [-0.25, -0.2) is 4.98 Å². The van der Waals surface area contributed by atoms with Crippen LogP contribution >= 0.6 is 0 Å². The molecule has 1 unspecified atom stereocenters. The van der Waals surface area contributed by atoms with E-state index in [9.17, 15) is 9.59 Å². The number of hydrogen-bond donors (Lipinski definition) is 0. The number of amides is 1. The Morgan fingerprint density at radius 3 is 2.42 bits per heavy atom. The third-order valence-corrected chi connectivity index (χ3v) is 5.76. The quantitative estimate of drug-likeness (QED) is 0.519. The van der Waals surface area contributed by atoms with Gasteiger partial charge in [-0.3, -0.25) is 14.2 Å². The Hall–Kier alpha value is -2.95. The van der Waals surface area contributed by atoms with Gasteiger partial charge in [-0.2, -0.15) is 0 Å². The van der Waals surface area contributed by atoms with Gasteiger partial charge >= 0.3 is 0 Å². The molecule has 5 heteroatoms. The van der Waals surface area contributed by atoms with E-state index in [4.69, 9.17) is 4.98 Å². The smallest absolute Gasteiger partial charge is 0.266 e. The molecule has 1 atom stereocenters. The van der Waals surface area contributed by atoms with E-state index in [0.717, 1.165) is 17.7 Å². The SMILES string of the molecule is CCCN(C(=O)CC(C)C)C(C)c1nc2ccccc2c(=O)n1-c1ccc(C)c(C)c1.